The van der Waals surface area contributed by atoms with Crippen LogP contribution in [0.15, 0.2) is 78.2 Å². The lowest BCUT2D eigenvalue weighted by Crippen LogP contribution is -2.50. The lowest BCUT2D eigenvalue weighted by molar-refractivity contribution is -0.132. The number of amides is 1. The number of hydrogen-bond donors (Lipinski definition) is 2. The molecule has 33 heavy (non-hydrogen) atoms. The zero-order chi connectivity index (χ0) is 22.9. The molecule has 0 atom stereocenters. The molecule has 0 unspecified atom stereocenters. The van der Waals surface area contributed by atoms with Crippen molar-refractivity contribution in [3.8, 4) is 22.6 Å². The number of fused-ring (bicyclic) bond motifs is 1. The molecule has 1 fully saturated rings. The molecule has 0 radical (unpaired) electrons. The van der Waals surface area contributed by atoms with Crippen LogP contribution in [0, 0.1) is 5.92 Å². The Hall–Kier alpha value is -4.33. The highest BCUT2D eigenvalue weighted by molar-refractivity contribution is 6.02. The molecule has 166 valence electrons. The van der Waals surface area contributed by atoms with Gasteiger partial charge in [-0.2, -0.15) is 5.10 Å². The third-order valence-corrected chi connectivity index (χ3v) is 5.87. The zero-order valence-electron chi connectivity index (χ0n) is 17.9. The molecule has 3 N–H and O–H groups in total. The predicted molar refractivity (Wildman–Crippen MR) is 127 cm³/mol. The third kappa shape index (κ3) is 3.87. The fraction of sp³-hybridized carbons (Fsp3) is 0.160. The number of nitrogens with one attached hydrogen (secondary N) is 1. The number of nitrogens with two attached hydrogens (primary N) is 1. The average molecular weight is 441 g/mol. The van der Waals surface area contributed by atoms with Gasteiger partial charge in [0, 0.05) is 37.3 Å². The number of carbonyl (C=O) groups excluding carboxylic acids is 1. The molecule has 1 aliphatic heterocycles. The van der Waals surface area contributed by atoms with Crippen LogP contribution in [0.1, 0.15) is 0 Å². The molecule has 0 bridgehead atoms. The maximum absolute atomic E-state index is 12.7. The van der Waals surface area contributed by atoms with E-state index in [2.05, 4.69) is 16.8 Å². The van der Waals surface area contributed by atoms with Crippen molar-refractivity contribution in [2.75, 3.05) is 18.8 Å². The first-order chi connectivity index (χ1) is 16.0. The summed E-state index contributed by atoms with van der Waals surface area (Å²) in [6.45, 7) is 5.38. The Balaban J connectivity index is 1.46. The van der Waals surface area contributed by atoms with Crippen molar-refractivity contribution in [3.63, 3.8) is 0 Å². The number of anilines is 1. The van der Waals surface area contributed by atoms with E-state index >= 15 is 0 Å². The zero-order valence-corrected chi connectivity index (χ0v) is 17.9. The van der Waals surface area contributed by atoms with Crippen molar-refractivity contribution in [1.82, 2.24) is 19.7 Å². The van der Waals surface area contributed by atoms with E-state index in [-0.39, 0.29) is 23.2 Å². The van der Waals surface area contributed by atoms with E-state index in [0.717, 1.165) is 16.9 Å². The van der Waals surface area contributed by atoms with Gasteiger partial charge in [-0.3, -0.25) is 9.59 Å². The minimum absolute atomic E-state index is 0.0755. The standard InChI is InChI=1S/C25H23N5O3/c1-2-21(31)29-12-16(13-29)14-30-15-20(22-23(30)25(32)28-27-24(22)26)17-8-10-19(11-9-17)33-18-6-4-3-5-7-18/h2-11,15-16H,1,12-14H2,(H2,26,27)(H,28,32). The van der Waals surface area contributed by atoms with Crippen molar-refractivity contribution in [1.29, 1.82) is 0 Å². The van der Waals surface area contributed by atoms with E-state index in [0.29, 0.717) is 36.3 Å². The second-order valence-corrected chi connectivity index (χ2v) is 8.11. The Morgan fingerprint density at radius 2 is 1.85 bits per heavy atom. The summed E-state index contributed by atoms with van der Waals surface area (Å²) >= 11 is 0. The second kappa shape index (κ2) is 8.31. The molecule has 1 aliphatic rings. The first-order valence-electron chi connectivity index (χ1n) is 10.6. The normalized spacial score (nSPS) is 13.6. The Morgan fingerprint density at radius 1 is 1.15 bits per heavy atom. The number of aromatic nitrogens is 3. The molecular weight excluding hydrogens is 418 g/mol. The fourth-order valence-corrected chi connectivity index (χ4v) is 4.24. The summed E-state index contributed by atoms with van der Waals surface area (Å²) in [5, 5.41) is 7.08. The van der Waals surface area contributed by atoms with E-state index in [9.17, 15) is 9.59 Å². The number of hydrogen-bond acceptors (Lipinski definition) is 5. The van der Waals surface area contributed by atoms with Crippen molar-refractivity contribution in [3.05, 3.63) is 83.8 Å². The van der Waals surface area contributed by atoms with Gasteiger partial charge in [0.25, 0.3) is 5.56 Å². The number of para-hydroxylation sites is 1. The Labute approximate surface area is 189 Å². The summed E-state index contributed by atoms with van der Waals surface area (Å²) in [6, 6.07) is 17.2. The van der Waals surface area contributed by atoms with E-state index in [1.165, 1.54) is 6.08 Å². The van der Waals surface area contributed by atoms with Gasteiger partial charge in [0.15, 0.2) is 5.82 Å². The maximum Gasteiger partial charge on any atom is 0.288 e. The van der Waals surface area contributed by atoms with Crippen molar-refractivity contribution < 1.29 is 9.53 Å². The summed E-state index contributed by atoms with van der Waals surface area (Å²) in [5.74, 6) is 1.90. The van der Waals surface area contributed by atoms with Crippen LogP contribution in [0.3, 0.4) is 0 Å². The number of H-pyrrole nitrogens is 1. The molecule has 0 spiro atoms. The topological polar surface area (TPSA) is 106 Å². The van der Waals surface area contributed by atoms with Gasteiger partial charge in [0.2, 0.25) is 5.91 Å². The monoisotopic (exact) mass is 441 g/mol. The second-order valence-electron chi connectivity index (χ2n) is 8.11. The van der Waals surface area contributed by atoms with E-state index < -0.39 is 0 Å². The number of carbonyl (C=O) groups is 1. The van der Waals surface area contributed by atoms with Crippen LogP contribution in [0.25, 0.3) is 22.0 Å². The SMILES string of the molecule is C=CC(=O)N1CC(Cn2cc(-c3ccc(Oc4ccccc4)cc3)c3c(N)n[nH]c(=O)c32)C1. The smallest absolute Gasteiger partial charge is 0.288 e. The number of benzene rings is 2. The molecule has 0 saturated carbocycles. The highest BCUT2D eigenvalue weighted by Gasteiger charge is 2.30. The molecule has 2 aromatic heterocycles. The number of nitrogen functional groups attached to an aromatic ring is 1. The molecule has 8 heteroatoms. The molecule has 8 nitrogen and oxygen atoms in total. The Morgan fingerprint density at radius 3 is 2.55 bits per heavy atom. The predicted octanol–water partition coefficient (Wildman–Crippen LogP) is 3.41. The highest BCUT2D eigenvalue weighted by Crippen LogP contribution is 2.34. The summed E-state index contributed by atoms with van der Waals surface area (Å²) in [7, 11) is 0. The Kier molecular flexibility index (Phi) is 5.18. The number of rotatable bonds is 6. The molecule has 1 amide bonds. The third-order valence-electron chi connectivity index (χ3n) is 5.87. The minimum Gasteiger partial charge on any atom is -0.457 e. The summed E-state index contributed by atoms with van der Waals surface area (Å²) < 4.78 is 7.79. The van der Waals surface area contributed by atoms with Gasteiger partial charge in [-0.1, -0.05) is 36.9 Å². The maximum atomic E-state index is 12.7. The first kappa shape index (κ1) is 20.6. The van der Waals surface area contributed by atoms with E-state index in [1.54, 1.807) is 4.90 Å². The number of aromatic amines is 1. The van der Waals surface area contributed by atoms with Gasteiger partial charge in [0.1, 0.15) is 17.0 Å². The van der Waals surface area contributed by atoms with Crippen LogP contribution in [-0.2, 0) is 11.3 Å². The molecule has 2 aromatic carbocycles. The van der Waals surface area contributed by atoms with Crippen LogP contribution < -0.4 is 16.0 Å². The van der Waals surface area contributed by atoms with Crippen LogP contribution >= 0.6 is 0 Å². The summed E-state index contributed by atoms with van der Waals surface area (Å²) in [4.78, 5) is 26.1. The van der Waals surface area contributed by atoms with Crippen molar-refractivity contribution in [2.24, 2.45) is 5.92 Å². The van der Waals surface area contributed by atoms with Crippen LogP contribution in [0.2, 0.25) is 0 Å². The quantitative estimate of drug-likeness (QED) is 0.446. The minimum atomic E-state index is -0.298. The van der Waals surface area contributed by atoms with Crippen molar-refractivity contribution in [2.45, 2.75) is 6.54 Å². The fourth-order valence-electron chi connectivity index (χ4n) is 4.24. The number of nitrogens with zero attached hydrogens (tertiary/aromatic N) is 3. The van der Waals surface area contributed by atoms with Gasteiger partial charge in [-0.05, 0) is 35.9 Å². The molecule has 0 aliphatic carbocycles. The Bertz CT molecular complexity index is 1380. The van der Waals surface area contributed by atoms with Gasteiger partial charge in [0.05, 0.1) is 5.39 Å². The highest BCUT2D eigenvalue weighted by atomic mass is 16.5. The number of likely N-dealkylation sites (tertiary alicyclic amines) is 1. The molecule has 1 saturated heterocycles. The van der Waals surface area contributed by atoms with E-state index in [4.69, 9.17) is 10.5 Å². The van der Waals surface area contributed by atoms with Gasteiger partial charge < -0.3 is 19.9 Å². The van der Waals surface area contributed by atoms with Crippen LogP contribution in [-0.4, -0.2) is 38.7 Å². The molecule has 4 aromatic rings. The summed E-state index contributed by atoms with van der Waals surface area (Å²) in [5.41, 5.74) is 8.09. The number of ether oxygens (including phenoxy) is 1. The molecular formula is C25H23N5O3. The molecule has 5 rings (SSSR count). The lowest BCUT2D eigenvalue weighted by Gasteiger charge is -2.38. The first-order valence-corrected chi connectivity index (χ1v) is 10.6. The van der Waals surface area contributed by atoms with Crippen molar-refractivity contribution >= 4 is 22.6 Å². The largest absolute Gasteiger partial charge is 0.457 e. The van der Waals surface area contributed by atoms with Crippen LogP contribution in [0.5, 0.6) is 11.5 Å². The molecule has 3 heterocycles. The summed E-state index contributed by atoms with van der Waals surface area (Å²) in [6.07, 6.45) is 3.25. The lowest BCUT2D eigenvalue weighted by atomic mass is 10.00. The van der Waals surface area contributed by atoms with E-state index in [1.807, 2.05) is 65.4 Å². The van der Waals surface area contributed by atoms with Gasteiger partial charge in [-0.25, -0.2) is 5.10 Å². The van der Waals surface area contributed by atoms with Crippen LogP contribution in [0.4, 0.5) is 5.82 Å². The average Bonchev–Trinajstić information content (AvgIpc) is 3.20. The van der Waals surface area contributed by atoms with Gasteiger partial charge >= 0.3 is 0 Å². The van der Waals surface area contributed by atoms with Gasteiger partial charge in [-0.15, -0.1) is 0 Å².